The predicted molar refractivity (Wildman–Crippen MR) is 140 cm³/mol. The number of hydrogen-bond acceptors (Lipinski definition) is 5. The lowest BCUT2D eigenvalue weighted by Gasteiger charge is -2.30. The molecule has 1 aliphatic carbocycles. The van der Waals surface area contributed by atoms with E-state index in [1.54, 1.807) is 0 Å². The van der Waals surface area contributed by atoms with Crippen LogP contribution in [0.3, 0.4) is 0 Å². The zero-order valence-electron chi connectivity index (χ0n) is 20.5. The van der Waals surface area contributed by atoms with Crippen molar-refractivity contribution in [2.75, 3.05) is 17.2 Å². The normalized spacial score (nSPS) is 19.3. The van der Waals surface area contributed by atoms with Gasteiger partial charge < -0.3 is 20.1 Å². The Morgan fingerprint density at radius 3 is 2.37 bits per heavy atom. The number of allylic oxidation sites excluding steroid dienone is 1. The van der Waals surface area contributed by atoms with Crippen molar-refractivity contribution in [1.82, 2.24) is 0 Å². The van der Waals surface area contributed by atoms with Crippen molar-refractivity contribution in [3.8, 4) is 11.5 Å². The molecule has 0 radical (unpaired) electrons. The molecular weight excluding hydrogens is 436 g/mol. The Kier molecular flexibility index (Phi) is 6.49. The van der Waals surface area contributed by atoms with Crippen molar-refractivity contribution in [3.63, 3.8) is 0 Å². The average Bonchev–Trinajstić information content (AvgIpc) is 3.01. The fourth-order valence-electron chi connectivity index (χ4n) is 5.06. The predicted octanol–water partition coefficient (Wildman–Crippen LogP) is 6.85. The van der Waals surface area contributed by atoms with Crippen LogP contribution in [0.25, 0.3) is 0 Å². The summed E-state index contributed by atoms with van der Waals surface area (Å²) in [6.45, 7) is 6.58. The smallest absolute Gasteiger partial charge is 0.163 e. The minimum absolute atomic E-state index is 0.106. The molecule has 5 rings (SSSR count). The fourth-order valence-corrected chi connectivity index (χ4v) is 5.06. The van der Waals surface area contributed by atoms with Gasteiger partial charge in [0, 0.05) is 23.3 Å². The van der Waals surface area contributed by atoms with Crippen LogP contribution >= 0.6 is 0 Å². The van der Waals surface area contributed by atoms with Gasteiger partial charge in [0.2, 0.25) is 0 Å². The number of carbonyl (C=O) groups excluding carboxylic acids is 1. The van der Waals surface area contributed by atoms with Crippen molar-refractivity contribution in [2.24, 2.45) is 0 Å². The number of Topliss-reactive ketones (excluding diaryl/α,β-unsaturated/α-hetero) is 1. The molecule has 2 N–H and O–H groups in total. The van der Waals surface area contributed by atoms with Crippen LogP contribution in [0.4, 0.5) is 11.4 Å². The van der Waals surface area contributed by atoms with E-state index in [-0.39, 0.29) is 23.8 Å². The second-order valence-corrected chi connectivity index (χ2v) is 9.37. The number of anilines is 2. The van der Waals surface area contributed by atoms with Crippen LogP contribution in [-0.4, -0.2) is 18.5 Å². The summed E-state index contributed by atoms with van der Waals surface area (Å²) in [5.74, 6) is 1.91. The van der Waals surface area contributed by atoms with Gasteiger partial charge in [-0.25, -0.2) is 0 Å². The summed E-state index contributed by atoms with van der Waals surface area (Å²) in [7, 11) is 0. The van der Waals surface area contributed by atoms with Crippen LogP contribution < -0.4 is 20.1 Å². The van der Waals surface area contributed by atoms with Gasteiger partial charge in [0.25, 0.3) is 0 Å². The first kappa shape index (κ1) is 23.0. The number of ether oxygens (including phenoxy) is 2. The number of hydrogen-bond donors (Lipinski definition) is 2. The van der Waals surface area contributed by atoms with Crippen LogP contribution in [0.2, 0.25) is 0 Å². The zero-order chi connectivity index (χ0) is 24.4. The van der Waals surface area contributed by atoms with Gasteiger partial charge in [-0.05, 0) is 69.0 Å². The molecule has 5 heteroatoms. The molecule has 35 heavy (non-hydrogen) atoms. The van der Waals surface area contributed by atoms with Gasteiger partial charge in [0.15, 0.2) is 5.78 Å². The van der Waals surface area contributed by atoms with Crippen molar-refractivity contribution >= 4 is 17.2 Å². The second kappa shape index (κ2) is 9.87. The van der Waals surface area contributed by atoms with Crippen LogP contribution in [-0.2, 0) is 4.79 Å². The maximum Gasteiger partial charge on any atom is 0.163 e. The van der Waals surface area contributed by atoms with Crippen LogP contribution in [0, 0.1) is 0 Å². The maximum atomic E-state index is 13.8. The Morgan fingerprint density at radius 2 is 1.63 bits per heavy atom. The van der Waals surface area contributed by atoms with Gasteiger partial charge >= 0.3 is 0 Å². The summed E-state index contributed by atoms with van der Waals surface area (Å²) in [5, 5.41) is 7.26. The molecule has 0 bridgehead atoms. The van der Waals surface area contributed by atoms with Gasteiger partial charge in [-0.1, -0.05) is 42.5 Å². The molecule has 5 nitrogen and oxygen atoms in total. The number of ketones is 1. The molecule has 0 fully saturated rings. The number of carbonyl (C=O) groups is 1. The highest BCUT2D eigenvalue weighted by Crippen LogP contribution is 2.45. The molecular formula is C30H32N2O3. The maximum absolute atomic E-state index is 13.8. The van der Waals surface area contributed by atoms with Gasteiger partial charge in [0.05, 0.1) is 30.1 Å². The topological polar surface area (TPSA) is 59.6 Å². The highest BCUT2D eigenvalue weighted by atomic mass is 16.5. The summed E-state index contributed by atoms with van der Waals surface area (Å²) in [6.07, 6.45) is 1.36. The van der Waals surface area contributed by atoms with Gasteiger partial charge in [-0.3, -0.25) is 4.79 Å². The summed E-state index contributed by atoms with van der Waals surface area (Å²) in [5.41, 5.74) is 5.84. The third kappa shape index (κ3) is 4.76. The van der Waals surface area contributed by atoms with E-state index < -0.39 is 0 Å². The third-order valence-corrected chi connectivity index (χ3v) is 6.56. The van der Waals surface area contributed by atoms with Gasteiger partial charge in [-0.2, -0.15) is 0 Å². The summed E-state index contributed by atoms with van der Waals surface area (Å²) in [4.78, 5) is 13.8. The molecule has 0 saturated carbocycles. The molecule has 0 saturated heterocycles. The lowest BCUT2D eigenvalue weighted by atomic mass is 9.78. The largest absolute Gasteiger partial charge is 0.494 e. The molecule has 3 aromatic carbocycles. The quantitative estimate of drug-likeness (QED) is 0.414. The molecule has 2 atom stereocenters. The van der Waals surface area contributed by atoms with Crippen LogP contribution in [0.1, 0.15) is 56.7 Å². The lowest BCUT2D eigenvalue weighted by molar-refractivity contribution is -0.116. The van der Waals surface area contributed by atoms with Crippen LogP contribution in [0.15, 0.2) is 84.1 Å². The highest BCUT2D eigenvalue weighted by Gasteiger charge is 2.37. The van der Waals surface area contributed by atoms with Gasteiger partial charge in [-0.15, -0.1) is 0 Å². The standard InChI is InChI=1S/C30H32N2O3/c1-4-34-28-12-8-5-9-23(28)30-29-26(31-24-10-6-7-11-25(24)32-30)17-21(18-27(29)33)20-13-15-22(16-14-20)35-19(2)3/h5-16,19,21,30-32H,4,17-18H2,1-3H3. The van der Waals surface area contributed by atoms with E-state index in [1.165, 1.54) is 0 Å². The summed E-state index contributed by atoms with van der Waals surface area (Å²) < 4.78 is 11.8. The van der Waals surface area contributed by atoms with E-state index in [2.05, 4.69) is 28.8 Å². The molecule has 3 aromatic rings. The molecule has 2 unspecified atom stereocenters. The third-order valence-electron chi connectivity index (χ3n) is 6.56. The molecule has 1 heterocycles. The fraction of sp³-hybridized carbons (Fsp3) is 0.300. The van der Waals surface area contributed by atoms with E-state index in [1.807, 2.05) is 75.4 Å². The second-order valence-electron chi connectivity index (χ2n) is 9.37. The zero-order valence-corrected chi connectivity index (χ0v) is 20.5. The Balaban J connectivity index is 1.54. The lowest BCUT2D eigenvalue weighted by Crippen LogP contribution is -2.27. The SMILES string of the molecule is CCOc1ccccc1C1Nc2ccccc2NC2=C1C(=O)CC(c1ccc(OC(C)C)cc1)C2. The Labute approximate surface area is 207 Å². The monoisotopic (exact) mass is 468 g/mol. The Morgan fingerprint density at radius 1 is 0.914 bits per heavy atom. The molecule has 1 aliphatic heterocycles. The van der Waals surface area contributed by atoms with Crippen molar-refractivity contribution in [3.05, 3.63) is 95.2 Å². The Bertz CT molecular complexity index is 1250. The minimum atomic E-state index is -0.292. The van der Waals surface area contributed by atoms with E-state index in [0.717, 1.165) is 51.7 Å². The molecule has 180 valence electrons. The first-order valence-corrected chi connectivity index (χ1v) is 12.4. The number of benzene rings is 3. The first-order chi connectivity index (χ1) is 17.0. The summed E-state index contributed by atoms with van der Waals surface area (Å²) >= 11 is 0. The molecule has 0 spiro atoms. The molecule has 0 aromatic heterocycles. The highest BCUT2D eigenvalue weighted by molar-refractivity contribution is 6.01. The molecule has 2 aliphatic rings. The first-order valence-electron chi connectivity index (χ1n) is 12.4. The van der Waals surface area contributed by atoms with E-state index in [4.69, 9.17) is 9.47 Å². The van der Waals surface area contributed by atoms with E-state index in [9.17, 15) is 4.79 Å². The Hall–Kier alpha value is -3.73. The summed E-state index contributed by atoms with van der Waals surface area (Å²) in [6, 6.07) is 24.0. The minimum Gasteiger partial charge on any atom is -0.494 e. The number of para-hydroxylation sites is 3. The van der Waals surface area contributed by atoms with E-state index >= 15 is 0 Å². The van der Waals surface area contributed by atoms with Crippen molar-refractivity contribution in [1.29, 1.82) is 0 Å². The van der Waals surface area contributed by atoms with Crippen molar-refractivity contribution < 1.29 is 14.3 Å². The average molecular weight is 469 g/mol. The number of nitrogens with one attached hydrogen (secondary N) is 2. The number of rotatable bonds is 6. The van der Waals surface area contributed by atoms with Crippen molar-refractivity contribution in [2.45, 2.75) is 51.7 Å². The molecule has 0 amide bonds. The van der Waals surface area contributed by atoms with Crippen LogP contribution in [0.5, 0.6) is 11.5 Å². The van der Waals surface area contributed by atoms with Gasteiger partial charge in [0.1, 0.15) is 11.5 Å². The van der Waals surface area contributed by atoms with E-state index in [0.29, 0.717) is 13.0 Å². The number of fused-ring (bicyclic) bond motifs is 1.